The monoisotopic (exact) mass is 410 g/mol. The summed E-state index contributed by atoms with van der Waals surface area (Å²) in [6.07, 6.45) is 0. The maximum absolute atomic E-state index is 12.3. The van der Waals surface area contributed by atoms with Crippen LogP contribution in [0.4, 0.5) is 5.69 Å². The summed E-state index contributed by atoms with van der Waals surface area (Å²) >= 11 is 1.25. The van der Waals surface area contributed by atoms with Crippen LogP contribution in [0.2, 0.25) is 0 Å². The van der Waals surface area contributed by atoms with Crippen LogP contribution in [0.5, 0.6) is 0 Å². The van der Waals surface area contributed by atoms with Crippen LogP contribution in [0.25, 0.3) is 5.69 Å². The predicted octanol–water partition coefficient (Wildman–Crippen LogP) is 2.71. The highest BCUT2D eigenvalue weighted by Crippen LogP contribution is 2.21. The number of rotatable bonds is 6. The van der Waals surface area contributed by atoms with Crippen molar-refractivity contribution >= 4 is 29.3 Å². The molecule has 0 fully saturated rings. The number of carbonyl (C=O) groups excluding carboxylic acids is 2. The summed E-state index contributed by atoms with van der Waals surface area (Å²) in [5.41, 5.74) is 4.28. The van der Waals surface area contributed by atoms with E-state index < -0.39 is 0 Å². The molecule has 0 spiro atoms. The molecule has 150 valence electrons. The topological polar surface area (TPSA) is 93.0 Å². The molecule has 0 atom stereocenters. The van der Waals surface area contributed by atoms with Gasteiger partial charge < -0.3 is 10.2 Å². The summed E-state index contributed by atoms with van der Waals surface area (Å²) in [7, 11) is 3.39. The van der Waals surface area contributed by atoms with Gasteiger partial charge in [0.2, 0.25) is 11.1 Å². The lowest BCUT2D eigenvalue weighted by atomic mass is 10.1. The number of thioether (sulfide) groups is 1. The molecule has 9 heteroatoms. The fourth-order valence-corrected chi connectivity index (χ4v) is 3.43. The van der Waals surface area contributed by atoms with Crippen LogP contribution in [0.1, 0.15) is 21.5 Å². The number of hydrogen-bond donors (Lipinski definition) is 1. The number of benzene rings is 2. The van der Waals surface area contributed by atoms with Crippen molar-refractivity contribution in [2.75, 3.05) is 25.2 Å². The Labute approximate surface area is 173 Å². The first-order valence-corrected chi connectivity index (χ1v) is 9.94. The molecular weight excluding hydrogens is 388 g/mol. The molecule has 1 heterocycles. The first-order chi connectivity index (χ1) is 13.8. The van der Waals surface area contributed by atoms with Crippen molar-refractivity contribution in [1.29, 1.82) is 0 Å². The van der Waals surface area contributed by atoms with E-state index in [9.17, 15) is 9.59 Å². The minimum Gasteiger partial charge on any atom is -0.345 e. The van der Waals surface area contributed by atoms with E-state index in [4.69, 9.17) is 0 Å². The number of aryl methyl sites for hydroxylation is 2. The van der Waals surface area contributed by atoms with Crippen LogP contribution >= 0.6 is 11.8 Å². The van der Waals surface area contributed by atoms with Gasteiger partial charge in [0.05, 0.1) is 11.4 Å². The second-order valence-corrected chi connectivity index (χ2v) is 7.72. The van der Waals surface area contributed by atoms with Crippen molar-refractivity contribution in [3.63, 3.8) is 0 Å². The van der Waals surface area contributed by atoms with Crippen molar-refractivity contribution in [2.45, 2.75) is 19.0 Å². The number of amides is 2. The van der Waals surface area contributed by atoms with E-state index in [1.807, 2.05) is 26.0 Å². The minimum atomic E-state index is -0.183. The Kier molecular flexibility index (Phi) is 6.28. The third-order valence-electron chi connectivity index (χ3n) is 4.18. The Morgan fingerprint density at radius 2 is 1.83 bits per heavy atom. The molecule has 0 radical (unpaired) electrons. The molecule has 0 saturated carbocycles. The SMILES string of the molecule is Cc1ccc(-n2nnnc2SCC(=O)Nc2ccc(C(=O)N(C)C)cc2)c(C)c1. The van der Waals surface area contributed by atoms with Crippen molar-refractivity contribution in [3.05, 3.63) is 59.2 Å². The van der Waals surface area contributed by atoms with Crippen molar-refractivity contribution in [3.8, 4) is 5.69 Å². The summed E-state index contributed by atoms with van der Waals surface area (Å²) in [6, 6.07) is 12.8. The third-order valence-corrected chi connectivity index (χ3v) is 5.09. The number of nitrogens with zero attached hydrogens (tertiary/aromatic N) is 5. The summed E-state index contributed by atoms with van der Waals surface area (Å²) in [4.78, 5) is 25.7. The van der Waals surface area contributed by atoms with Crippen molar-refractivity contribution < 1.29 is 9.59 Å². The molecule has 1 N–H and O–H groups in total. The normalized spacial score (nSPS) is 10.6. The van der Waals surface area contributed by atoms with Gasteiger partial charge in [-0.3, -0.25) is 9.59 Å². The minimum absolute atomic E-state index is 0.0864. The van der Waals surface area contributed by atoms with E-state index in [0.29, 0.717) is 16.4 Å². The van der Waals surface area contributed by atoms with E-state index in [2.05, 4.69) is 26.9 Å². The van der Waals surface area contributed by atoms with E-state index in [-0.39, 0.29) is 17.6 Å². The summed E-state index contributed by atoms with van der Waals surface area (Å²) in [5, 5.41) is 15.2. The van der Waals surface area contributed by atoms with Crippen LogP contribution in [0, 0.1) is 13.8 Å². The Bertz CT molecular complexity index is 1030. The second kappa shape index (κ2) is 8.87. The number of tetrazole rings is 1. The van der Waals surface area contributed by atoms with Gasteiger partial charge in [-0.15, -0.1) is 5.10 Å². The molecule has 29 heavy (non-hydrogen) atoms. The molecule has 0 aliphatic carbocycles. The molecule has 0 aliphatic heterocycles. The highest BCUT2D eigenvalue weighted by molar-refractivity contribution is 7.99. The lowest BCUT2D eigenvalue weighted by Gasteiger charge is -2.11. The van der Waals surface area contributed by atoms with Gasteiger partial charge in [-0.25, -0.2) is 0 Å². The number of aromatic nitrogens is 4. The molecule has 2 amide bonds. The third kappa shape index (κ3) is 5.00. The van der Waals surface area contributed by atoms with Gasteiger partial charge in [-0.1, -0.05) is 29.5 Å². The fraction of sp³-hybridized carbons (Fsp3) is 0.250. The number of anilines is 1. The summed E-state index contributed by atoms with van der Waals surface area (Å²) in [5.74, 6) is -0.113. The zero-order valence-corrected chi connectivity index (χ0v) is 17.5. The van der Waals surface area contributed by atoms with Crippen LogP contribution in [-0.2, 0) is 4.79 Å². The standard InChI is InChI=1S/C20H22N6O2S/c1-13-5-10-17(14(2)11-13)26-20(22-23-24-26)29-12-18(27)21-16-8-6-15(7-9-16)19(28)25(3)4/h5-11H,12H2,1-4H3,(H,21,27). The van der Waals surface area contributed by atoms with Crippen LogP contribution in [0.15, 0.2) is 47.6 Å². The molecular formula is C20H22N6O2S. The van der Waals surface area contributed by atoms with E-state index in [1.165, 1.54) is 16.7 Å². The van der Waals surface area contributed by atoms with E-state index in [0.717, 1.165) is 16.8 Å². The smallest absolute Gasteiger partial charge is 0.253 e. The zero-order valence-electron chi connectivity index (χ0n) is 16.7. The summed E-state index contributed by atoms with van der Waals surface area (Å²) in [6.45, 7) is 4.02. The molecule has 0 aliphatic rings. The van der Waals surface area contributed by atoms with E-state index >= 15 is 0 Å². The lowest BCUT2D eigenvalue weighted by Crippen LogP contribution is -2.21. The molecule has 1 aromatic heterocycles. The molecule has 0 saturated heterocycles. The first-order valence-electron chi connectivity index (χ1n) is 8.95. The fourth-order valence-electron chi connectivity index (χ4n) is 2.74. The summed E-state index contributed by atoms with van der Waals surface area (Å²) < 4.78 is 1.63. The molecule has 0 bridgehead atoms. The molecule has 0 unspecified atom stereocenters. The number of hydrogen-bond acceptors (Lipinski definition) is 6. The van der Waals surface area contributed by atoms with Gasteiger partial charge in [0.15, 0.2) is 0 Å². The molecule has 3 aromatic rings. The lowest BCUT2D eigenvalue weighted by molar-refractivity contribution is -0.113. The number of nitrogens with one attached hydrogen (secondary N) is 1. The maximum Gasteiger partial charge on any atom is 0.253 e. The predicted molar refractivity (Wildman–Crippen MR) is 112 cm³/mol. The Morgan fingerprint density at radius 1 is 1.10 bits per heavy atom. The maximum atomic E-state index is 12.3. The van der Waals surface area contributed by atoms with Gasteiger partial charge in [0.1, 0.15) is 0 Å². The second-order valence-electron chi connectivity index (χ2n) is 6.78. The van der Waals surface area contributed by atoms with Gasteiger partial charge >= 0.3 is 0 Å². The van der Waals surface area contributed by atoms with Gasteiger partial charge in [0, 0.05) is 25.3 Å². The first kappa shape index (κ1) is 20.5. The van der Waals surface area contributed by atoms with E-state index in [1.54, 1.807) is 43.0 Å². The molecule has 2 aromatic carbocycles. The zero-order chi connectivity index (χ0) is 21.0. The van der Waals surface area contributed by atoms with Crippen molar-refractivity contribution in [2.24, 2.45) is 0 Å². The average Bonchev–Trinajstić information content (AvgIpc) is 3.14. The van der Waals surface area contributed by atoms with Gasteiger partial charge in [0.25, 0.3) is 5.91 Å². The van der Waals surface area contributed by atoms with Crippen molar-refractivity contribution in [1.82, 2.24) is 25.1 Å². The number of carbonyl (C=O) groups is 2. The average molecular weight is 411 g/mol. The highest BCUT2D eigenvalue weighted by Gasteiger charge is 2.14. The molecule has 8 nitrogen and oxygen atoms in total. The quantitative estimate of drug-likeness (QED) is 0.628. The van der Waals surface area contributed by atoms with Gasteiger partial charge in [-0.2, -0.15) is 4.68 Å². The Hall–Kier alpha value is -3.20. The Balaban J connectivity index is 1.62. The van der Waals surface area contributed by atoms with Crippen LogP contribution < -0.4 is 5.32 Å². The largest absolute Gasteiger partial charge is 0.345 e. The Morgan fingerprint density at radius 3 is 2.48 bits per heavy atom. The highest BCUT2D eigenvalue weighted by atomic mass is 32.2. The van der Waals surface area contributed by atoms with Crippen LogP contribution in [0.3, 0.4) is 0 Å². The van der Waals surface area contributed by atoms with Gasteiger partial charge in [-0.05, 0) is 60.2 Å². The van der Waals surface area contributed by atoms with Crippen LogP contribution in [-0.4, -0.2) is 56.8 Å². The molecule has 3 rings (SSSR count).